The van der Waals surface area contributed by atoms with Gasteiger partial charge >= 0.3 is 0 Å². The van der Waals surface area contributed by atoms with Crippen LogP contribution in [0.25, 0.3) is 65.9 Å². The van der Waals surface area contributed by atoms with E-state index in [4.69, 9.17) is 4.42 Å². The predicted octanol–water partition coefficient (Wildman–Crippen LogP) is 8.54. The van der Waals surface area contributed by atoms with Gasteiger partial charge in [-0.25, -0.2) is 4.57 Å². The smallest absolute Gasteiger partial charge is 0.216 e. The van der Waals surface area contributed by atoms with Gasteiger partial charge in [0.15, 0.2) is 6.20 Å². The van der Waals surface area contributed by atoms with Crippen molar-refractivity contribution in [2.75, 3.05) is 0 Å². The van der Waals surface area contributed by atoms with Gasteiger partial charge in [-0.15, -0.1) is 0 Å². The highest BCUT2D eigenvalue weighted by Gasteiger charge is 2.23. The number of hydrogen-bond donors (Lipinski definition) is 0. The van der Waals surface area contributed by atoms with E-state index in [9.17, 15) is 5.26 Å². The minimum absolute atomic E-state index is 0.607. The van der Waals surface area contributed by atoms with Crippen molar-refractivity contribution in [3.05, 3.63) is 114 Å². The second-order valence-corrected chi connectivity index (χ2v) is 10.2. The highest BCUT2D eigenvalue weighted by atomic mass is 16.3. The zero-order valence-electron chi connectivity index (χ0n) is 21.5. The number of benzene rings is 5. The Hall–Kier alpha value is -4.94. The second-order valence-electron chi connectivity index (χ2n) is 10.2. The highest BCUT2D eigenvalue weighted by Crippen LogP contribution is 2.42. The molecule has 0 bridgehead atoms. The average molecular weight is 490 g/mol. The van der Waals surface area contributed by atoms with Gasteiger partial charge in [0.1, 0.15) is 18.2 Å². The molecule has 7 rings (SSSR count). The lowest BCUT2D eigenvalue weighted by atomic mass is 9.94. The summed E-state index contributed by atoms with van der Waals surface area (Å²) in [5, 5.41) is 16.9. The van der Waals surface area contributed by atoms with Crippen LogP contribution < -0.4 is 4.57 Å². The van der Waals surface area contributed by atoms with Gasteiger partial charge in [-0.2, -0.15) is 5.26 Å². The summed E-state index contributed by atoms with van der Waals surface area (Å²) in [6.45, 7) is 4.22. The fourth-order valence-corrected chi connectivity index (χ4v) is 5.80. The first-order valence-corrected chi connectivity index (χ1v) is 12.8. The van der Waals surface area contributed by atoms with Crippen LogP contribution in [-0.2, 0) is 7.05 Å². The van der Waals surface area contributed by atoms with Crippen LogP contribution in [0.3, 0.4) is 0 Å². The van der Waals surface area contributed by atoms with Crippen LogP contribution in [0.5, 0.6) is 0 Å². The number of aromatic nitrogens is 1. The molecule has 2 aromatic heterocycles. The minimum Gasteiger partial charge on any atom is -0.454 e. The van der Waals surface area contributed by atoms with Crippen LogP contribution in [0.1, 0.15) is 16.7 Å². The van der Waals surface area contributed by atoms with E-state index in [1.165, 1.54) is 21.7 Å². The number of furan rings is 1. The van der Waals surface area contributed by atoms with Crippen molar-refractivity contribution in [1.82, 2.24) is 0 Å². The maximum Gasteiger partial charge on any atom is 0.216 e. The average Bonchev–Trinajstić information content (AvgIpc) is 3.30. The van der Waals surface area contributed by atoms with Crippen LogP contribution in [0.2, 0.25) is 0 Å². The van der Waals surface area contributed by atoms with Gasteiger partial charge < -0.3 is 4.42 Å². The van der Waals surface area contributed by atoms with Crippen LogP contribution in [0, 0.1) is 25.2 Å². The zero-order valence-corrected chi connectivity index (χ0v) is 21.5. The number of fused-ring (bicyclic) bond motifs is 5. The number of nitrogens with zero attached hydrogens (tertiary/aromatic N) is 2. The lowest BCUT2D eigenvalue weighted by Crippen LogP contribution is -2.31. The molecule has 0 aliphatic heterocycles. The standard InChI is InChI=1S/C35H25N2O/c1-21-8-15-31(37(3)20-21)32-22(2)9-13-29-30-14-12-27(19-36)33(35(30)38-34(29)32)26-11-10-25-16-23-6-4-5-7-24(23)17-28(25)18-26/h4-18,20H,1-3H3/q+1. The van der Waals surface area contributed by atoms with Crippen LogP contribution in [0.15, 0.2) is 102 Å². The first-order chi connectivity index (χ1) is 18.5. The Kier molecular flexibility index (Phi) is 4.86. The first-order valence-electron chi connectivity index (χ1n) is 12.8. The van der Waals surface area contributed by atoms with Crippen molar-refractivity contribution in [3.63, 3.8) is 0 Å². The largest absolute Gasteiger partial charge is 0.454 e. The number of hydrogen-bond acceptors (Lipinski definition) is 2. The molecule has 7 aromatic rings. The lowest BCUT2D eigenvalue weighted by Gasteiger charge is -2.08. The van der Waals surface area contributed by atoms with Gasteiger partial charge in [-0.3, -0.25) is 0 Å². The topological polar surface area (TPSA) is 40.8 Å². The molecule has 0 spiro atoms. The first kappa shape index (κ1) is 22.3. The molecule has 180 valence electrons. The van der Waals surface area contributed by atoms with E-state index in [2.05, 4.69) is 117 Å². The quantitative estimate of drug-likeness (QED) is 0.180. The normalized spacial score (nSPS) is 11.5. The van der Waals surface area contributed by atoms with Crippen LogP contribution in [-0.4, -0.2) is 0 Å². The molecule has 0 fully saturated rings. The molecular formula is C35H25N2O+. The SMILES string of the molecule is Cc1ccc(-c2c(C)ccc3c2oc2c(-c4ccc5cc6ccccc6cc5c4)c(C#N)ccc23)[n+](C)c1. The van der Waals surface area contributed by atoms with Gasteiger partial charge in [0.2, 0.25) is 5.69 Å². The predicted molar refractivity (Wildman–Crippen MR) is 155 cm³/mol. The summed E-state index contributed by atoms with van der Waals surface area (Å²) in [4.78, 5) is 0. The van der Waals surface area contributed by atoms with E-state index >= 15 is 0 Å². The summed E-state index contributed by atoms with van der Waals surface area (Å²) in [5.74, 6) is 0. The van der Waals surface area contributed by atoms with E-state index in [0.717, 1.165) is 55.3 Å². The Morgan fingerprint density at radius 2 is 1.37 bits per heavy atom. The van der Waals surface area contributed by atoms with Gasteiger partial charge in [0, 0.05) is 28.0 Å². The summed E-state index contributed by atoms with van der Waals surface area (Å²) in [7, 11) is 2.07. The molecule has 0 amide bonds. The Morgan fingerprint density at radius 1 is 0.684 bits per heavy atom. The minimum atomic E-state index is 0.607. The fourth-order valence-electron chi connectivity index (χ4n) is 5.80. The van der Waals surface area contributed by atoms with E-state index < -0.39 is 0 Å². The third kappa shape index (κ3) is 3.31. The number of nitriles is 1. The van der Waals surface area contributed by atoms with Crippen molar-refractivity contribution >= 4 is 43.5 Å². The molecular weight excluding hydrogens is 464 g/mol. The van der Waals surface area contributed by atoms with Crippen molar-refractivity contribution < 1.29 is 8.98 Å². The highest BCUT2D eigenvalue weighted by molar-refractivity contribution is 6.14. The third-order valence-corrected chi connectivity index (χ3v) is 7.67. The van der Waals surface area contributed by atoms with E-state index in [0.29, 0.717) is 5.56 Å². The van der Waals surface area contributed by atoms with Crippen LogP contribution >= 0.6 is 0 Å². The Labute approximate surface area is 220 Å². The molecule has 38 heavy (non-hydrogen) atoms. The van der Waals surface area contributed by atoms with E-state index in [1.807, 2.05) is 12.1 Å². The molecule has 0 aliphatic rings. The molecule has 0 N–H and O–H groups in total. The number of aryl methyl sites for hydroxylation is 3. The van der Waals surface area contributed by atoms with E-state index in [-0.39, 0.29) is 0 Å². The van der Waals surface area contributed by atoms with Gasteiger partial charge in [-0.1, -0.05) is 48.5 Å². The number of rotatable bonds is 2. The third-order valence-electron chi connectivity index (χ3n) is 7.67. The molecule has 0 saturated heterocycles. The summed E-state index contributed by atoms with van der Waals surface area (Å²) in [5.41, 5.74) is 8.56. The van der Waals surface area contributed by atoms with Gasteiger partial charge in [0.05, 0.1) is 17.2 Å². The Bertz CT molecular complexity index is 2130. The maximum atomic E-state index is 10.1. The zero-order chi connectivity index (χ0) is 26.0. The molecule has 2 heterocycles. The monoisotopic (exact) mass is 489 g/mol. The summed E-state index contributed by atoms with van der Waals surface area (Å²) in [6, 6.07) is 34.2. The Morgan fingerprint density at radius 3 is 2.11 bits per heavy atom. The fraction of sp³-hybridized carbons (Fsp3) is 0.0857. The molecule has 0 saturated carbocycles. The second kappa shape index (κ2) is 8.30. The molecule has 5 aromatic carbocycles. The molecule has 0 aliphatic carbocycles. The number of pyridine rings is 1. The van der Waals surface area contributed by atoms with Gasteiger partial charge in [0.25, 0.3) is 0 Å². The summed E-state index contributed by atoms with van der Waals surface area (Å²) < 4.78 is 8.90. The van der Waals surface area contributed by atoms with Crippen molar-refractivity contribution in [2.45, 2.75) is 13.8 Å². The lowest BCUT2D eigenvalue weighted by molar-refractivity contribution is -0.660. The molecule has 3 nitrogen and oxygen atoms in total. The summed E-state index contributed by atoms with van der Waals surface area (Å²) >= 11 is 0. The van der Waals surface area contributed by atoms with Crippen molar-refractivity contribution in [1.29, 1.82) is 5.26 Å². The van der Waals surface area contributed by atoms with Crippen molar-refractivity contribution in [2.24, 2.45) is 7.05 Å². The van der Waals surface area contributed by atoms with Gasteiger partial charge in [-0.05, 0) is 82.9 Å². The maximum absolute atomic E-state index is 10.1. The van der Waals surface area contributed by atoms with Crippen molar-refractivity contribution in [3.8, 4) is 28.5 Å². The molecule has 3 heteroatoms. The summed E-state index contributed by atoms with van der Waals surface area (Å²) in [6.07, 6.45) is 2.13. The molecule has 0 atom stereocenters. The molecule has 0 radical (unpaired) electrons. The Balaban J connectivity index is 1.54. The molecule has 0 unspecified atom stereocenters. The van der Waals surface area contributed by atoms with Crippen LogP contribution in [0.4, 0.5) is 0 Å². The van der Waals surface area contributed by atoms with E-state index in [1.54, 1.807) is 0 Å².